The molecule has 4 nitrogen and oxygen atoms in total. The number of allylic oxidation sites excluding steroid dienone is 2. The minimum absolute atomic E-state index is 0.0549. The molecule has 0 unspecified atom stereocenters. The van der Waals surface area contributed by atoms with Gasteiger partial charge in [-0.25, -0.2) is 4.79 Å². The summed E-state index contributed by atoms with van der Waals surface area (Å²) in [6, 6.07) is -0.0549. The molecule has 4 heteroatoms. The lowest BCUT2D eigenvalue weighted by molar-refractivity contribution is 0.0466. The van der Waals surface area contributed by atoms with Crippen molar-refractivity contribution in [3.05, 3.63) is 23.3 Å². The molecule has 24 heavy (non-hydrogen) atoms. The highest BCUT2D eigenvalue weighted by atomic mass is 16.6. The topological polar surface area (TPSA) is 58.6 Å². The third kappa shape index (κ3) is 7.08. The number of ether oxygens (including phenoxy) is 1. The van der Waals surface area contributed by atoms with Crippen molar-refractivity contribution in [2.24, 2.45) is 5.92 Å². The molecule has 0 aromatic rings. The Labute approximate surface area is 148 Å². The number of hydrogen-bond donors (Lipinski definition) is 2. The maximum atomic E-state index is 12.1. The quantitative estimate of drug-likeness (QED) is 0.643. The first-order valence-corrected chi connectivity index (χ1v) is 8.86. The summed E-state index contributed by atoms with van der Waals surface area (Å²) in [5.74, 6) is 0.249. The molecule has 0 radical (unpaired) electrons. The van der Waals surface area contributed by atoms with Crippen molar-refractivity contribution in [2.45, 2.75) is 92.4 Å². The van der Waals surface area contributed by atoms with Gasteiger partial charge in [0.2, 0.25) is 0 Å². The zero-order valence-electron chi connectivity index (χ0n) is 17.0. The molecule has 1 atom stereocenters. The van der Waals surface area contributed by atoms with Gasteiger partial charge < -0.3 is 15.2 Å². The molecule has 0 saturated heterocycles. The van der Waals surface area contributed by atoms with Crippen LogP contribution < -0.4 is 5.32 Å². The Morgan fingerprint density at radius 2 is 1.58 bits per heavy atom. The van der Waals surface area contributed by atoms with Crippen LogP contribution in [0.15, 0.2) is 23.3 Å². The molecule has 0 aromatic carbocycles. The summed E-state index contributed by atoms with van der Waals surface area (Å²) in [7, 11) is 0. The summed E-state index contributed by atoms with van der Waals surface area (Å²) in [6.07, 6.45) is 4.70. The van der Waals surface area contributed by atoms with Gasteiger partial charge in [0, 0.05) is 6.04 Å². The van der Waals surface area contributed by atoms with Crippen LogP contribution in [0.5, 0.6) is 0 Å². The molecule has 0 saturated carbocycles. The number of carbonyl (C=O) groups excluding carboxylic acids is 1. The van der Waals surface area contributed by atoms with Gasteiger partial charge >= 0.3 is 6.09 Å². The first kappa shape index (κ1) is 22.7. The van der Waals surface area contributed by atoms with Crippen molar-refractivity contribution in [3.63, 3.8) is 0 Å². The van der Waals surface area contributed by atoms with E-state index in [0.29, 0.717) is 12.8 Å². The van der Waals surface area contributed by atoms with Gasteiger partial charge in [-0.15, -0.1) is 0 Å². The zero-order chi connectivity index (χ0) is 19.1. The summed E-state index contributed by atoms with van der Waals surface area (Å²) in [6.45, 7) is 17.4. The fourth-order valence-corrected chi connectivity index (χ4v) is 2.58. The van der Waals surface area contributed by atoms with Gasteiger partial charge in [0.1, 0.15) is 11.2 Å². The smallest absolute Gasteiger partial charge is 0.407 e. The van der Waals surface area contributed by atoms with E-state index in [1.165, 1.54) is 0 Å². The van der Waals surface area contributed by atoms with Crippen LogP contribution in [0.25, 0.3) is 0 Å². The largest absolute Gasteiger partial charge is 0.444 e. The van der Waals surface area contributed by atoms with E-state index in [9.17, 15) is 9.90 Å². The molecule has 0 spiro atoms. The highest BCUT2D eigenvalue weighted by Crippen LogP contribution is 2.31. The van der Waals surface area contributed by atoms with E-state index < -0.39 is 17.3 Å². The predicted octanol–water partition coefficient (Wildman–Crippen LogP) is 4.98. The molecule has 0 fully saturated rings. The Hall–Kier alpha value is -1.29. The molecule has 0 aliphatic heterocycles. The fraction of sp³-hybridized carbons (Fsp3) is 0.750. The first-order valence-electron chi connectivity index (χ1n) is 8.86. The first-order chi connectivity index (χ1) is 10.9. The second kappa shape index (κ2) is 9.26. The van der Waals surface area contributed by atoms with Gasteiger partial charge in [0.25, 0.3) is 0 Å². The van der Waals surface area contributed by atoms with Crippen LogP contribution in [0.1, 0.15) is 75.2 Å². The summed E-state index contributed by atoms with van der Waals surface area (Å²) in [5.41, 5.74) is 0.373. The third-order valence-electron chi connectivity index (χ3n) is 4.49. The Bertz CT molecular complexity index is 452. The van der Waals surface area contributed by atoms with Crippen LogP contribution in [-0.2, 0) is 4.74 Å². The lowest BCUT2D eigenvalue weighted by Gasteiger charge is -2.33. The van der Waals surface area contributed by atoms with E-state index in [1.807, 2.05) is 60.6 Å². The number of rotatable bonds is 7. The van der Waals surface area contributed by atoms with E-state index in [1.54, 1.807) is 0 Å². The Balaban J connectivity index is 5.10. The van der Waals surface area contributed by atoms with E-state index in [-0.39, 0.29) is 12.0 Å². The molecule has 0 aliphatic carbocycles. The van der Waals surface area contributed by atoms with Crippen molar-refractivity contribution in [3.8, 4) is 0 Å². The standard InChI is InChI=1S/C20H37NO3/c1-10-15(5)20(23,16(6)11-2)13-12-17(14(3)4)21-18(22)24-19(7,8)9/h10-11,14,17,23H,12-13H2,1-9H3,(H,21,22)/b15-10+,16-11+/t17-/m1/s1. The van der Waals surface area contributed by atoms with Gasteiger partial charge in [0.05, 0.1) is 0 Å². The van der Waals surface area contributed by atoms with Crippen LogP contribution in [-0.4, -0.2) is 28.4 Å². The predicted molar refractivity (Wildman–Crippen MR) is 101 cm³/mol. The highest BCUT2D eigenvalue weighted by Gasteiger charge is 2.32. The second-order valence-electron chi connectivity index (χ2n) is 7.84. The molecule has 0 heterocycles. The highest BCUT2D eigenvalue weighted by molar-refractivity contribution is 5.68. The van der Waals surface area contributed by atoms with E-state index in [0.717, 1.165) is 11.1 Å². The monoisotopic (exact) mass is 339 g/mol. The van der Waals surface area contributed by atoms with Crippen molar-refractivity contribution in [1.29, 1.82) is 0 Å². The van der Waals surface area contributed by atoms with Gasteiger partial charge in [-0.1, -0.05) is 26.0 Å². The molecule has 1 amide bonds. The van der Waals surface area contributed by atoms with Crippen LogP contribution in [0.4, 0.5) is 4.79 Å². The molecule has 0 aliphatic rings. The number of aliphatic hydroxyl groups is 1. The molecule has 0 aromatic heterocycles. The number of alkyl carbamates (subject to hydrolysis) is 1. The Morgan fingerprint density at radius 1 is 1.12 bits per heavy atom. The fourth-order valence-electron chi connectivity index (χ4n) is 2.58. The summed E-state index contributed by atoms with van der Waals surface area (Å²) < 4.78 is 5.35. The average molecular weight is 340 g/mol. The summed E-state index contributed by atoms with van der Waals surface area (Å²) in [4.78, 5) is 12.1. The molecule has 0 rings (SSSR count). The molecule has 2 N–H and O–H groups in total. The minimum atomic E-state index is -0.966. The van der Waals surface area contributed by atoms with Gasteiger partial charge in [-0.05, 0) is 78.4 Å². The normalized spacial score (nSPS) is 17.5. The van der Waals surface area contributed by atoms with E-state index in [2.05, 4.69) is 19.2 Å². The number of nitrogens with one attached hydrogen (secondary N) is 1. The van der Waals surface area contributed by atoms with E-state index in [4.69, 9.17) is 4.74 Å². The van der Waals surface area contributed by atoms with Crippen molar-refractivity contribution in [1.82, 2.24) is 5.32 Å². The Morgan fingerprint density at radius 3 is 1.92 bits per heavy atom. The molecule has 0 bridgehead atoms. The van der Waals surface area contributed by atoms with Gasteiger partial charge in [-0.3, -0.25) is 0 Å². The molecular formula is C20H37NO3. The Kier molecular flexibility index (Phi) is 8.76. The zero-order valence-corrected chi connectivity index (χ0v) is 17.0. The van der Waals surface area contributed by atoms with Crippen molar-refractivity contribution >= 4 is 6.09 Å². The number of hydrogen-bond acceptors (Lipinski definition) is 3. The lowest BCUT2D eigenvalue weighted by atomic mass is 9.81. The third-order valence-corrected chi connectivity index (χ3v) is 4.49. The SMILES string of the molecule is C/C=C(\C)C(O)(CC[C@@H](NC(=O)OC(C)(C)C)C(C)C)/C(C)=C/C. The average Bonchev–Trinajstić information content (AvgIpc) is 2.46. The summed E-state index contributed by atoms with van der Waals surface area (Å²) >= 11 is 0. The minimum Gasteiger partial charge on any atom is -0.444 e. The van der Waals surface area contributed by atoms with Crippen LogP contribution in [0.3, 0.4) is 0 Å². The molecular weight excluding hydrogens is 302 g/mol. The van der Waals surface area contributed by atoms with Crippen LogP contribution in [0.2, 0.25) is 0 Å². The van der Waals surface area contributed by atoms with Crippen molar-refractivity contribution < 1.29 is 14.6 Å². The van der Waals surface area contributed by atoms with E-state index >= 15 is 0 Å². The maximum Gasteiger partial charge on any atom is 0.407 e. The maximum absolute atomic E-state index is 12.1. The lowest BCUT2D eigenvalue weighted by Crippen LogP contribution is -2.43. The number of amides is 1. The summed E-state index contributed by atoms with van der Waals surface area (Å²) in [5, 5.41) is 14.1. The van der Waals surface area contributed by atoms with Gasteiger partial charge in [-0.2, -0.15) is 0 Å². The molecule has 140 valence electrons. The second-order valence-corrected chi connectivity index (χ2v) is 7.84. The van der Waals surface area contributed by atoms with Crippen LogP contribution in [0, 0.1) is 5.92 Å². The van der Waals surface area contributed by atoms with Crippen molar-refractivity contribution in [2.75, 3.05) is 0 Å². The van der Waals surface area contributed by atoms with Crippen LogP contribution >= 0.6 is 0 Å². The number of carbonyl (C=O) groups is 1. The van der Waals surface area contributed by atoms with Gasteiger partial charge in [0.15, 0.2) is 0 Å².